The number of ether oxygens (including phenoxy) is 2. The van der Waals surface area contributed by atoms with Gasteiger partial charge in [0, 0.05) is 30.2 Å². The molecule has 7 nitrogen and oxygen atoms in total. The SMILES string of the molecule is COc1ccc2oc(-c3cnc4ccc(OC[C@@H]5CCC(=O)C5)nn34)cc2c1. The Morgan fingerprint density at radius 2 is 2.18 bits per heavy atom. The number of furan rings is 1. The first-order valence-corrected chi connectivity index (χ1v) is 9.27. The second-order valence-corrected chi connectivity index (χ2v) is 7.06. The minimum Gasteiger partial charge on any atom is -0.497 e. The number of hydrogen-bond donors (Lipinski definition) is 0. The number of aromatic nitrogens is 3. The van der Waals surface area contributed by atoms with Crippen molar-refractivity contribution in [3.05, 3.63) is 42.6 Å². The van der Waals surface area contributed by atoms with Crippen LogP contribution in [0.1, 0.15) is 19.3 Å². The van der Waals surface area contributed by atoms with E-state index in [4.69, 9.17) is 13.9 Å². The van der Waals surface area contributed by atoms with Crippen molar-refractivity contribution in [3.8, 4) is 23.1 Å². The molecule has 28 heavy (non-hydrogen) atoms. The van der Waals surface area contributed by atoms with Crippen molar-refractivity contribution in [3.63, 3.8) is 0 Å². The maximum atomic E-state index is 11.4. The highest BCUT2D eigenvalue weighted by Crippen LogP contribution is 2.31. The van der Waals surface area contributed by atoms with E-state index in [-0.39, 0.29) is 5.92 Å². The number of nitrogens with zero attached hydrogens (tertiary/aromatic N) is 3. The fourth-order valence-corrected chi connectivity index (χ4v) is 3.61. The summed E-state index contributed by atoms with van der Waals surface area (Å²) in [5.41, 5.74) is 2.21. The molecule has 4 aromatic rings. The van der Waals surface area contributed by atoms with Crippen molar-refractivity contribution in [2.24, 2.45) is 5.92 Å². The third-order valence-electron chi connectivity index (χ3n) is 5.13. The summed E-state index contributed by atoms with van der Waals surface area (Å²) in [5.74, 6) is 2.54. The quantitative estimate of drug-likeness (QED) is 0.525. The molecule has 1 aromatic carbocycles. The summed E-state index contributed by atoms with van der Waals surface area (Å²) in [7, 11) is 1.64. The molecule has 0 bridgehead atoms. The van der Waals surface area contributed by atoms with E-state index in [0.29, 0.717) is 42.5 Å². The Balaban J connectivity index is 1.45. The van der Waals surface area contributed by atoms with Gasteiger partial charge in [0.15, 0.2) is 11.4 Å². The Bertz CT molecular complexity index is 1180. The molecule has 1 saturated carbocycles. The van der Waals surface area contributed by atoms with Gasteiger partial charge in [0.05, 0.1) is 19.9 Å². The number of fused-ring (bicyclic) bond motifs is 2. The van der Waals surface area contributed by atoms with Gasteiger partial charge in [-0.2, -0.15) is 0 Å². The average molecular weight is 377 g/mol. The van der Waals surface area contributed by atoms with Crippen LogP contribution in [-0.4, -0.2) is 34.1 Å². The van der Waals surface area contributed by atoms with Crippen molar-refractivity contribution < 1.29 is 18.7 Å². The summed E-state index contributed by atoms with van der Waals surface area (Å²) in [5, 5.41) is 5.50. The van der Waals surface area contributed by atoms with Crippen molar-refractivity contribution in [2.45, 2.75) is 19.3 Å². The number of hydrogen-bond acceptors (Lipinski definition) is 6. The predicted octanol–water partition coefficient (Wildman–Crippen LogP) is 3.90. The smallest absolute Gasteiger partial charge is 0.231 e. The van der Waals surface area contributed by atoms with Crippen LogP contribution in [0.15, 0.2) is 47.0 Å². The summed E-state index contributed by atoms with van der Waals surface area (Å²) in [6, 6.07) is 11.3. The minimum absolute atomic E-state index is 0.276. The van der Waals surface area contributed by atoms with Crippen LogP contribution in [-0.2, 0) is 4.79 Å². The van der Waals surface area contributed by atoms with Crippen LogP contribution in [0.25, 0.3) is 28.1 Å². The number of carbonyl (C=O) groups excluding carboxylic acids is 1. The molecule has 0 spiro atoms. The average Bonchev–Trinajstić information content (AvgIpc) is 3.42. The zero-order valence-electron chi connectivity index (χ0n) is 15.4. The third-order valence-corrected chi connectivity index (χ3v) is 5.13. The lowest BCUT2D eigenvalue weighted by Gasteiger charge is -2.10. The number of imidazole rings is 1. The highest BCUT2D eigenvalue weighted by atomic mass is 16.5. The molecule has 142 valence electrons. The summed E-state index contributed by atoms with van der Waals surface area (Å²) in [6.07, 6.45) is 3.88. The monoisotopic (exact) mass is 377 g/mol. The fourth-order valence-electron chi connectivity index (χ4n) is 3.61. The first kappa shape index (κ1) is 16.8. The molecule has 0 unspecified atom stereocenters. The van der Waals surface area contributed by atoms with Crippen LogP contribution >= 0.6 is 0 Å². The summed E-state index contributed by atoms with van der Waals surface area (Å²) in [6.45, 7) is 0.499. The van der Waals surface area contributed by atoms with E-state index in [1.54, 1.807) is 23.9 Å². The molecule has 1 atom stereocenters. The van der Waals surface area contributed by atoms with Crippen LogP contribution in [0.3, 0.4) is 0 Å². The van der Waals surface area contributed by atoms with Crippen molar-refractivity contribution >= 4 is 22.4 Å². The molecule has 3 heterocycles. The number of rotatable bonds is 5. The predicted molar refractivity (Wildman–Crippen MR) is 103 cm³/mol. The first-order valence-electron chi connectivity index (χ1n) is 9.27. The molecule has 3 aromatic heterocycles. The number of carbonyl (C=O) groups is 1. The summed E-state index contributed by atoms with van der Waals surface area (Å²) in [4.78, 5) is 15.8. The van der Waals surface area contributed by atoms with Gasteiger partial charge < -0.3 is 13.9 Å². The zero-order chi connectivity index (χ0) is 19.1. The molecule has 0 saturated heterocycles. The first-order chi connectivity index (χ1) is 13.7. The molecular formula is C21H19N3O4. The topological polar surface area (TPSA) is 78.9 Å². The van der Waals surface area contributed by atoms with Crippen molar-refractivity contribution in [1.29, 1.82) is 0 Å². The third kappa shape index (κ3) is 2.98. The Morgan fingerprint density at radius 3 is 3.00 bits per heavy atom. The fraction of sp³-hybridized carbons (Fsp3) is 0.286. The molecule has 1 aliphatic rings. The minimum atomic E-state index is 0.276. The maximum absolute atomic E-state index is 11.4. The van der Waals surface area contributed by atoms with Gasteiger partial charge in [-0.3, -0.25) is 4.79 Å². The molecule has 0 N–H and O–H groups in total. The zero-order valence-corrected chi connectivity index (χ0v) is 15.4. The second kappa shape index (κ2) is 6.67. The lowest BCUT2D eigenvalue weighted by molar-refractivity contribution is -0.117. The molecule has 0 radical (unpaired) electrons. The van der Waals surface area contributed by atoms with Crippen LogP contribution in [0.4, 0.5) is 0 Å². The largest absolute Gasteiger partial charge is 0.497 e. The van der Waals surface area contributed by atoms with Crippen molar-refractivity contribution in [2.75, 3.05) is 13.7 Å². The number of Topliss-reactive ketones (excluding diaryl/α,β-unsaturated/α-hetero) is 1. The normalized spacial score (nSPS) is 16.9. The molecule has 0 aliphatic heterocycles. The van der Waals surface area contributed by atoms with Crippen LogP contribution in [0, 0.1) is 5.92 Å². The van der Waals surface area contributed by atoms with Gasteiger partial charge in [0.2, 0.25) is 5.88 Å². The molecule has 1 aliphatic carbocycles. The van der Waals surface area contributed by atoms with E-state index >= 15 is 0 Å². The lowest BCUT2D eigenvalue weighted by Crippen LogP contribution is -2.10. The van der Waals surface area contributed by atoms with Gasteiger partial charge >= 0.3 is 0 Å². The van der Waals surface area contributed by atoms with E-state index in [1.165, 1.54) is 0 Å². The van der Waals surface area contributed by atoms with Crippen LogP contribution in [0.5, 0.6) is 11.6 Å². The van der Waals surface area contributed by atoms with E-state index in [2.05, 4.69) is 10.1 Å². The maximum Gasteiger partial charge on any atom is 0.231 e. The molecule has 1 fully saturated rings. The second-order valence-electron chi connectivity index (χ2n) is 7.06. The molecule has 0 amide bonds. The highest BCUT2D eigenvalue weighted by Gasteiger charge is 2.23. The van der Waals surface area contributed by atoms with Gasteiger partial charge in [-0.1, -0.05) is 0 Å². The Hall–Kier alpha value is -3.35. The number of methoxy groups -OCH3 is 1. The molecule has 7 heteroatoms. The van der Waals surface area contributed by atoms with E-state index in [9.17, 15) is 4.79 Å². The lowest BCUT2D eigenvalue weighted by atomic mass is 10.1. The molecular weight excluding hydrogens is 358 g/mol. The van der Waals surface area contributed by atoms with Gasteiger partial charge in [0.25, 0.3) is 0 Å². The van der Waals surface area contributed by atoms with E-state index in [0.717, 1.165) is 28.8 Å². The summed E-state index contributed by atoms with van der Waals surface area (Å²) >= 11 is 0. The summed E-state index contributed by atoms with van der Waals surface area (Å²) < 4.78 is 18.8. The van der Waals surface area contributed by atoms with Crippen molar-refractivity contribution in [1.82, 2.24) is 14.6 Å². The number of benzene rings is 1. The highest BCUT2D eigenvalue weighted by molar-refractivity contribution is 5.83. The van der Waals surface area contributed by atoms with E-state index < -0.39 is 0 Å². The molecule has 5 rings (SSSR count). The van der Waals surface area contributed by atoms with Gasteiger partial charge in [-0.25, -0.2) is 9.50 Å². The Morgan fingerprint density at radius 1 is 1.25 bits per heavy atom. The van der Waals surface area contributed by atoms with Crippen LogP contribution < -0.4 is 9.47 Å². The standard InChI is InChI=1S/C21H19N3O4/c1-26-16-4-5-18-14(9-16)10-19(28-18)17-11-22-20-6-7-21(23-24(17)20)27-12-13-2-3-15(25)8-13/h4-7,9-11,13H,2-3,8,12H2,1H3/t13-/m1/s1. The number of ketones is 1. The van der Waals surface area contributed by atoms with E-state index in [1.807, 2.05) is 30.3 Å². The van der Waals surface area contributed by atoms with Gasteiger partial charge in [0.1, 0.15) is 22.8 Å². The van der Waals surface area contributed by atoms with Crippen LogP contribution in [0.2, 0.25) is 0 Å². The Labute approximate surface area is 160 Å². The van der Waals surface area contributed by atoms with Gasteiger partial charge in [-0.15, -0.1) is 5.10 Å². The Kier molecular flexibility index (Phi) is 4.00. The van der Waals surface area contributed by atoms with Gasteiger partial charge in [-0.05, 0) is 36.8 Å².